The molecule has 0 unspecified atom stereocenters. The van der Waals surface area contributed by atoms with Crippen LogP contribution in [0, 0.1) is 5.92 Å². The van der Waals surface area contributed by atoms with Gasteiger partial charge < -0.3 is 9.84 Å². The largest absolute Gasteiger partial charge is 0.481 e. The molecule has 0 aliphatic carbocycles. The number of hydrogen-bond acceptors (Lipinski definition) is 2. The third kappa shape index (κ3) is 2.19. The Bertz CT molecular complexity index is 138. The summed E-state index contributed by atoms with van der Waals surface area (Å²) in [6.45, 7) is 2.43. The third-order valence-corrected chi connectivity index (χ3v) is 2.16. The zero-order valence-corrected chi connectivity index (χ0v) is 6.75. The molecule has 1 fully saturated rings. The molecule has 0 aromatic rings. The second-order valence-corrected chi connectivity index (χ2v) is 3.03. The van der Waals surface area contributed by atoms with E-state index in [0.29, 0.717) is 0 Å². The van der Waals surface area contributed by atoms with Crippen LogP contribution in [-0.2, 0) is 9.53 Å². The van der Waals surface area contributed by atoms with E-state index in [1.807, 2.05) is 0 Å². The van der Waals surface area contributed by atoms with Gasteiger partial charge in [0.15, 0.2) is 0 Å². The first-order valence-electron chi connectivity index (χ1n) is 4.06. The Hall–Kier alpha value is -0.570. The van der Waals surface area contributed by atoms with Gasteiger partial charge >= 0.3 is 5.97 Å². The molecule has 3 nitrogen and oxygen atoms in total. The zero-order chi connectivity index (χ0) is 8.27. The highest BCUT2D eigenvalue weighted by Gasteiger charge is 2.25. The molecule has 1 N–H and O–H groups in total. The van der Waals surface area contributed by atoms with Crippen molar-refractivity contribution in [1.82, 2.24) is 0 Å². The zero-order valence-electron chi connectivity index (χ0n) is 6.75. The summed E-state index contributed by atoms with van der Waals surface area (Å²) in [5.74, 6) is -1.10. The second-order valence-electron chi connectivity index (χ2n) is 3.03. The normalized spacial score (nSPS) is 27.9. The monoisotopic (exact) mass is 158 g/mol. The van der Waals surface area contributed by atoms with Gasteiger partial charge in [-0.1, -0.05) is 0 Å². The van der Waals surface area contributed by atoms with Gasteiger partial charge in [-0.25, -0.2) is 0 Å². The van der Waals surface area contributed by atoms with E-state index in [1.54, 1.807) is 6.92 Å². The molecule has 0 aromatic heterocycles. The van der Waals surface area contributed by atoms with Crippen molar-refractivity contribution in [3.63, 3.8) is 0 Å². The van der Waals surface area contributed by atoms with E-state index in [-0.39, 0.29) is 12.0 Å². The fraction of sp³-hybridized carbons (Fsp3) is 0.875. The molecule has 2 atom stereocenters. The summed E-state index contributed by atoms with van der Waals surface area (Å²) in [4.78, 5) is 10.5. The van der Waals surface area contributed by atoms with Crippen molar-refractivity contribution < 1.29 is 14.6 Å². The van der Waals surface area contributed by atoms with E-state index < -0.39 is 5.97 Å². The molecule has 0 bridgehead atoms. The van der Waals surface area contributed by atoms with Crippen LogP contribution >= 0.6 is 0 Å². The molecule has 1 aliphatic rings. The maximum Gasteiger partial charge on any atom is 0.308 e. The van der Waals surface area contributed by atoms with Crippen LogP contribution in [0.2, 0.25) is 0 Å². The van der Waals surface area contributed by atoms with Gasteiger partial charge in [0, 0.05) is 6.61 Å². The fourth-order valence-corrected chi connectivity index (χ4v) is 1.32. The number of carboxylic acid groups (broad SMARTS) is 1. The standard InChI is InChI=1S/C8H14O3/c1-6(8(9)10)7-4-2-3-5-11-7/h6-7H,2-5H2,1H3,(H,9,10)/t6-,7-/m0/s1. The Morgan fingerprint density at radius 1 is 1.64 bits per heavy atom. The lowest BCUT2D eigenvalue weighted by Gasteiger charge is -2.25. The van der Waals surface area contributed by atoms with Crippen molar-refractivity contribution in [2.45, 2.75) is 32.3 Å². The summed E-state index contributed by atoms with van der Waals surface area (Å²) in [5.41, 5.74) is 0. The topological polar surface area (TPSA) is 46.5 Å². The predicted molar refractivity (Wildman–Crippen MR) is 40.4 cm³/mol. The van der Waals surface area contributed by atoms with Gasteiger partial charge in [0.2, 0.25) is 0 Å². The molecule has 1 heterocycles. The fourth-order valence-electron chi connectivity index (χ4n) is 1.32. The third-order valence-electron chi connectivity index (χ3n) is 2.16. The smallest absolute Gasteiger partial charge is 0.308 e. The van der Waals surface area contributed by atoms with Crippen LogP contribution in [0.5, 0.6) is 0 Å². The lowest BCUT2D eigenvalue weighted by Crippen LogP contribution is -2.31. The summed E-state index contributed by atoms with van der Waals surface area (Å²) < 4.78 is 5.32. The summed E-state index contributed by atoms with van der Waals surface area (Å²) in [6.07, 6.45) is 3.01. The molecule has 3 heteroatoms. The average Bonchev–Trinajstić information content (AvgIpc) is 2.05. The first kappa shape index (κ1) is 8.53. The summed E-state index contributed by atoms with van der Waals surface area (Å²) in [7, 11) is 0. The molecule has 1 saturated heterocycles. The molecule has 0 saturated carbocycles. The van der Waals surface area contributed by atoms with Crippen LogP contribution in [-0.4, -0.2) is 23.8 Å². The molecule has 64 valence electrons. The van der Waals surface area contributed by atoms with E-state index in [9.17, 15) is 4.79 Å². The van der Waals surface area contributed by atoms with Crippen LogP contribution in [0.4, 0.5) is 0 Å². The molecule has 1 aliphatic heterocycles. The van der Waals surface area contributed by atoms with Gasteiger partial charge in [-0.3, -0.25) is 4.79 Å². The first-order valence-corrected chi connectivity index (χ1v) is 4.06. The average molecular weight is 158 g/mol. The number of carbonyl (C=O) groups is 1. The lowest BCUT2D eigenvalue weighted by atomic mass is 9.98. The number of hydrogen-bond donors (Lipinski definition) is 1. The Balaban J connectivity index is 2.38. The number of ether oxygens (including phenoxy) is 1. The van der Waals surface area contributed by atoms with Crippen LogP contribution < -0.4 is 0 Å². The second kappa shape index (κ2) is 3.72. The van der Waals surface area contributed by atoms with Crippen molar-refractivity contribution in [2.24, 2.45) is 5.92 Å². The lowest BCUT2D eigenvalue weighted by molar-refractivity contribution is -0.148. The minimum Gasteiger partial charge on any atom is -0.481 e. The quantitative estimate of drug-likeness (QED) is 0.658. The minimum atomic E-state index is -0.753. The van der Waals surface area contributed by atoms with Gasteiger partial charge in [-0.05, 0) is 26.2 Å². The van der Waals surface area contributed by atoms with E-state index >= 15 is 0 Å². The van der Waals surface area contributed by atoms with Crippen molar-refractivity contribution >= 4 is 5.97 Å². The Morgan fingerprint density at radius 2 is 2.36 bits per heavy atom. The van der Waals surface area contributed by atoms with Crippen molar-refractivity contribution in [2.75, 3.05) is 6.61 Å². The Labute approximate surface area is 66.4 Å². The van der Waals surface area contributed by atoms with Crippen molar-refractivity contribution in [3.05, 3.63) is 0 Å². The molecule has 0 aromatic carbocycles. The van der Waals surface area contributed by atoms with E-state index in [4.69, 9.17) is 9.84 Å². The van der Waals surface area contributed by atoms with E-state index in [2.05, 4.69) is 0 Å². The molecular weight excluding hydrogens is 144 g/mol. The Morgan fingerprint density at radius 3 is 2.82 bits per heavy atom. The van der Waals surface area contributed by atoms with Crippen LogP contribution in [0.25, 0.3) is 0 Å². The van der Waals surface area contributed by atoms with Gasteiger partial charge in [0.05, 0.1) is 12.0 Å². The summed E-state index contributed by atoms with van der Waals surface area (Å²) in [6, 6.07) is 0. The molecule has 0 radical (unpaired) electrons. The van der Waals surface area contributed by atoms with Crippen LogP contribution in [0.1, 0.15) is 26.2 Å². The maximum atomic E-state index is 10.5. The summed E-state index contributed by atoms with van der Waals surface area (Å²) in [5, 5.41) is 8.65. The highest BCUT2D eigenvalue weighted by Crippen LogP contribution is 2.19. The number of aliphatic carboxylic acids is 1. The highest BCUT2D eigenvalue weighted by molar-refractivity contribution is 5.70. The molecule has 11 heavy (non-hydrogen) atoms. The predicted octanol–water partition coefficient (Wildman–Crippen LogP) is 1.28. The van der Waals surface area contributed by atoms with Gasteiger partial charge in [-0.15, -0.1) is 0 Å². The van der Waals surface area contributed by atoms with E-state index in [0.717, 1.165) is 25.9 Å². The highest BCUT2D eigenvalue weighted by atomic mass is 16.5. The molecule has 1 rings (SSSR count). The molecule has 0 spiro atoms. The van der Waals surface area contributed by atoms with Gasteiger partial charge in [-0.2, -0.15) is 0 Å². The SMILES string of the molecule is C[C@H](C(=O)O)[C@@H]1CCCCO1. The molecule has 0 amide bonds. The van der Waals surface area contributed by atoms with Crippen molar-refractivity contribution in [1.29, 1.82) is 0 Å². The number of carboxylic acids is 1. The van der Waals surface area contributed by atoms with Crippen LogP contribution in [0.3, 0.4) is 0 Å². The first-order chi connectivity index (χ1) is 5.22. The molecular formula is C8H14O3. The van der Waals surface area contributed by atoms with E-state index in [1.165, 1.54) is 0 Å². The maximum absolute atomic E-state index is 10.5. The van der Waals surface area contributed by atoms with Crippen LogP contribution in [0.15, 0.2) is 0 Å². The van der Waals surface area contributed by atoms with Gasteiger partial charge in [0.25, 0.3) is 0 Å². The Kier molecular flexibility index (Phi) is 2.88. The summed E-state index contributed by atoms with van der Waals surface area (Å²) >= 11 is 0. The number of rotatable bonds is 2. The van der Waals surface area contributed by atoms with Gasteiger partial charge in [0.1, 0.15) is 0 Å². The minimum absolute atomic E-state index is 0.0544. The van der Waals surface area contributed by atoms with Crippen molar-refractivity contribution in [3.8, 4) is 0 Å².